The smallest absolute Gasteiger partial charge is 0.190 e. The molecule has 0 saturated carbocycles. The minimum absolute atomic E-state index is 0.0609. The Kier molecular flexibility index (Phi) is 3.52. The van der Waals surface area contributed by atoms with Crippen LogP contribution in [0.25, 0.3) is 0 Å². The Morgan fingerprint density at radius 2 is 2.13 bits per heavy atom. The fraction of sp³-hybridized carbons (Fsp3) is 0.455. The van der Waals surface area contributed by atoms with Crippen LogP contribution in [-0.2, 0) is 4.74 Å². The van der Waals surface area contributed by atoms with Crippen molar-refractivity contribution in [2.24, 2.45) is 0 Å². The molecule has 4 heteroatoms. The summed E-state index contributed by atoms with van der Waals surface area (Å²) in [6.07, 6.45) is 2.39. The molecule has 0 spiro atoms. The van der Waals surface area contributed by atoms with Crippen molar-refractivity contribution in [2.45, 2.75) is 26.4 Å². The molecule has 15 heavy (non-hydrogen) atoms. The van der Waals surface area contributed by atoms with Crippen molar-refractivity contribution >= 4 is 5.78 Å². The maximum absolute atomic E-state index is 12.7. The summed E-state index contributed by atoms with van der Waals surface area (Å²) >= 11 is 0. The maximum atomic E-state index is 12.7. The summed E-state index contributed by atoms with van der Waals surface area (Å²) in [6.45, 7) is 5.49. The lowest BCUT2D eigenvalue weighted by atomic mass is 10.1. The van der Waals surface area contributed by atoms with E-state index in [9.17, 15) is 9.18 Å². The van der Waals surface area contributed by atoms with E-state index in [1.165, 1.54) is 6.20 Å². The number of halogens is 1. The van der Waals surface area contributed by atoms with Crippen LogP contribution in [0.4, 0.5) is 4.39 Å². The normalized spacial score (nSPS) is 11.5. The van der Waals surface area contributed by atoms with Crippen LogP contribution in [0.5, 0.6) is 0 Å². The molecule has 1 aromatic heterocycles. The summed E-state index contributed by atoms with van der Waals surface area (Å²) in [7, 11) is 0. The molecule has 1 rings (SSSR count). The number of hydrogen-bond acceptors (Lipinski definition) is 3. The molecule has 0 unspecified atom stereocenters. The van der Waals surface area contributed by atoms with Gasteiger partial charge >= 0.3 is 0 Å². The van der Waals surface area contributed by atoms with Gasteiger partial charge in [-0.05, 0) is 26.8 Å². The van der Waals surface area contributed by atoms with Crippen LogP contribution in [0.15, 0.2) is 18.5 Å². The quantitative estimate of drug-likeness (QED) is 0.719. The number of carbonyl (C=O) groups is 1. The van der Waals surface area contributed by atoms with Gasteiger partial charge in [0.2, 0.25) is 0 Å². The third kappa shape index (κ3) is 4.16. The van der Waals surface area contributed by atoms with E-state index in [4.69, 9.17) is 4.74 Å². The van der Waals surface area contributed by atoms with E-state index in [0.717, 1.165) is 12.3 Å². The molecular weight excluding hydrogens is 197 g/mol. The molecule has 0 saturated heterocycles. The number of nitrogens with zero attached hydrogens (tertiary/aromatic N) is 1. The van der Waals surface area contributed by atoms with E-state index in [1.54, 1.807) is 0 Å². The van der Waals surface area contributed by atoms with Crippen molar-refractivity contribution in [3.63, 3.8) is 0 Å². The molecule has 3 nitrogen and oxygen atoms in total. The van der Waals surface area contributed by atoms with Gasteiger partial charge in [0.05, 0.1) is 11.8 Å². The Hall–Kier alpha value is -1.29. The summed E-state index contributed by atoms with van der Waals surface area (Å²) in [5, 5.41) is 0. The predicted octanol–water partition coefficient (Wildman–Crippen LogP) is 2.22. The number of ketones is 1. The molecule has 0 fully saturated rings. The Labute approximate surface area is 88.3 Å². The minimum Gasteiger partial charge on any atom is -0.368 e. The van der Waals surface area contributed by atoms with Crippen molar-refractivity contribution in [2.75, 3.05) is 6.61 Å². The third-order valence-corrected chi connectivity index (χ3v) is 1.66. The minimum atomic E-state index is -0.517. The lowest BCUT2D eigenvalue weighted by Crippen LogP contribution is -2.23. The molecule has 0 amide bonds. The molecule has 0 aliphatic heterocycles. The van der Waals surface area contributed by atoms with E-state index >= 15 is 0 Å². The summed E-state index contributed by atoms with van der Waals surface area (Å²) in [5.74, 6) is -0.784. The number of hydrogen-bond donors (Lipinski definition) is 0. The molecule has 1 heterocycles. The highest BCUT2D eigenvalue weighted by Crippen LogP contribution is 2.09. The molecule has 0 N–H and O–H groups in total. The lowest BCUT2D eigenvalue weighted by Gasteiger charge is -2.18. The van der Waals surface area contributed by atoms with Crippen LogP contribution in [0.2, 0.25) is 0 Å². The molecule has 0 atom stereocenters. The first-order valence-electron chi connectivity index (χ1n) is 4.66. The van der Waals surface area contributed by atoms with Gasteiger partial charge in [0.1, 0.15) is 12.4 Å². The highest BCUT2D eigenvalue weighted by molar-refractivity contribution is 5.96. The summed E-state index contributed by atoms with van der Waals surface area (Å²) in [5.41, 5.74) is -0.143. The van der Waals surface area contributed by atoms with Crippen LogP contribution in [0, 0.1) is 5.82 Å². The van der Waals surface area contributed by atoms with Crippen LogP contribution in [-0.4, -0.2) is 23.0 Å². The monoisotopic (exact) mass is 211 g/mol. The highest BCUT2D eigenvalue weighted by Gasteiger charge is 2.14. The lowest BCUT2D eigenvalue weighted by molar-refractivity contribution is 0.00304. The number of aromatic nitrogens is 1. The topological polar surface area (TPSA) is 39.2 Å². The number of carbonyl (C=O) groups excluding carboxylic acids is 1. The fourth-order valence-corrected chi connectivity index (χ4v) is 0.930. The number of rotatable bonds is 3. The summed E-state index contributed by atoms with van der Waals surface area (Å²) < 4.78 is 18.0. The van der Waals surface area contributed by atoms with Crippen molar-refractivity contribution in [1.29, 1.82) is 0 Å². The SMILES string of the molecule is CC(C)(C)OCC(=O)c1cncc(F)c1. The largest absolute Gasteiger partial charge is 0.368 e. The van der Waals surface area contributed by atoms with Crippen LogP contribution in [0.3, 0.4) is 0 Å². The first kappa shape index (κ1) is 11.8. The van der Waals surface area contributed by atoms with Crippen LogP contribution >= 0.6 is 0 Å². The van der Waals surface area contributed by atoms with E-state index in [-0.39, 0.29) is 23.6 Å². The summed E-state index contributed by atoms with van der Waals surface area (Å²) in [6, 6.07) is 1.15. The van der Waals surface area contributed by atoms with E-state index in [2.05, 4.69) is 4.98 Å². The average molecular weight is 211 g/mol. The van der Waals surface area contributed by atoms with E-state index < -0.39 is 5.82 Å². The third-order valence-electron chi connectivity index (χ3n) is 1.66. The molecule has 0 aromatic carbocycles. The average Bonchev–Trinajstić information content (AvgIpc) is 2.13. The zero-order valence-electron chi connectivity index (χ0n) is 9.08. The van der Waals surface area contributed by atoms with Gasteiger partial charge in [-0.1, -0.05) is 0 Å². The number of Topliss-reactive ketones (excluding diaryl/α,β-unsaturated/α-hetero) is 1. The number of pyridine rings is 1. The van der Waals surface area contributed by atoms with Crippen molar-refractivity contribution in [1.82, 2.24) is 4.98 Å². The van der Waals surface area contributed by atoms with Gasteiger partial charge in [0.15, 0.2) is 5.78 Å². The van der Waals surface area contributed by atoms with E-state index in [1.807, 2.05) is 20.8 Å². The predicted molar refractivity (Wildman–Crippen MR) is 54.2 cm³/mol. The first-order valence-corrected chi connectivity index (χ1v) is 4.66. The zero-order valence-corrected chi connectivity index (χ0v) is 9.08. The van der Waals surface area contributed by atoms with Gasteiger partial charge in [-0.15, -0.1) is 0 Å². The van der Waals surface area contributed by atoms with Gasteiger partial charge in [-0.25, -0.2) is 4.39 Å². The molecule has 82 valence electrons. The standard InChI is InChI=1S/C11H14FNO2/c1-11(2,3)15-7-10(14)8-4-9(12)6-13-5-8/h4-6H,7H2,1-3H3. The fourth-order valence-electron chi connectivity index (χ4n) is 0.930. The second kappa shape index (κ2) is 4.49. The Balaban J connectivity index is 2.62. The Morgan fingerprint density at radius 3 is 2.67 bits per heavy atom. The van der Waals surface area contributed by atoms with Crippen molar-refractivity contribution in [3.05, 3.63) is 29.8 Å². The molecule has 0 bridgehead atoms. The van der Waals surface area contributed by atoms with Gasteiger partial charge in [0, 0.05) is 11.8 Å². The van der Waals surface area contributed by atoms with Crippen LogP contribution in [0.1, 0.15) is 31.1 Å². The second-order valence-corrected chi connectivity index (χ2v) is 4.22. The van der Waals surface area contributed by atoms with Gasteiger partial charge < -0.3 is 4.74 Å². The summed E-state index contributed by atoms with van der Waals surface area (Å²) in [4.78, 5) is 15.1. The highest BCUT2D eigenvalue weighted by atomic mass is 19.1. The Morgan fingerprint density at radius 1 is 1.47 bits per heavy atom. The van der Waals surface area contributed by atoms with Gasteiger partial charge in [0.25, 0.3) is 0 Å². The van der Waals surface area contributed by atoms with Crippen LogP contribution < -0.4 is 0 Å². The second-order valence-electron chi connectivity index (χ2n) is 4.22. The molecule has 0 radical (unpaired) electrons. The zero-order chi connectivity index (χ0) is 11.5. The van der Waals surface area contributed by atoms with Crippen molar-refractivity contribution < 1.29 is 13.9 Å². The maximum Gasteiger partial charge on any atom is 0.190 e. The first-order chi connectivity index (χ1) is 6.88. The Bertz CT molecular complexity index is 358. The van der Waals surface area contributed by atoms with Gasteiger partial charge in [-0.2, -0.15) is 0 Å². The molecule has 1 aromatic rings. The molecular formula is C11H14FNO2. The molecule has 0 aliphatic rings. The van der Waals surface area contributed by atoms with Gasteiger partial charge in [-0.3, -0.25) is 9.78 Å². The number of ether oxygens (including phenoxy) is 1. The van der Waals surface area contributed by atoms with Crippen molar-refractivity contribution in [3.8, 4) is 0 Å². The van der Waals surface area contributed by atoms with E-state index in [0.29, 0.717) is 0 Å². The molecule has 0 aliphatic carbocycles.